The van der Waals surface area contributed by atoms with Crippen LogP contribution in [-0.4, -0.2) is 18.9 Å². The smallest absolute Gasteiger partial charge is 0.386 e. The molecule has 2 aromatic rings. The standard InChI is InChI=1S/C16H15BO2.C2H3F3/c1-17-15-9-12(7-8-14(15)11-19-17)10-16(18)13-5-3-2-4-6-13;1-2(3,4)5/h2-9H,10-11H2,1H3;1H3. The van der Waals surface area contributed by atoms with E-state index in [1.807, 2.05) is 36.4 Å². The topological polar surface area (TPSA) is 26.3 Å². The van der Waals surface area contributed by atoms with Gasteiger partial charge in [0.05, 0.1) is 6.61 Å². The zero-order valence-corrected chi connectivity index (χ0v) is 13.6. The summed E-state index contributed by atoms with van der Waals surface area (Å²) in [4.78, 5) is 12.2. The van der Waals surface area contributed by atoms with E-state index in [0.29, 0.717) is 13.0 Å². The van der Waals surface area contributed by atoms with Crippen molar-refractivity contribution in [3.8, 4) is 0 Å². The molecule has 0 radical (unpaired) electrons. The molecule has 2 aromatic carbocycles. The van der Waals surface area contributed by atoms with E-state index in [2.05, 4.69) is 19.0 Å². The molecule has 1 heterocycles. The van der Waals surface area contributed by atoms with Gasteiger partial charge in [0.25, 0.3) is 0 Å². The van der Waals surface area contributed by atoms with Crippen molar-refractivity contribution in [2.45, 2.75) is 33.0 Å². The molecule has 0 unspecified atom stereocenters. The number of benzene rings is 2. The Bertz CT molecular complexity index is 693. The van der Waals surface area contributed by atoms with Gasteiger partial charge in [-0.1, -0.05) is 55.4 Å². The first-order valence-electron chi connectivity index (χ1n) is 7.62. The van der Waals surface area contributed by atoms with Crippen LogP contribution in [-0.2, 0) is 17.7 Å². The van der Waals surface area contributed by atoms with Gasteiger partial charge in [0.1, 0.15) is 0 Å². The monoisotopic (exact) mass is 334 g/mol. The quantitative estimate of drug-likeness (QED) is 0.626. The van der Waals surface area contributed by atoms with Crippen molar-refractivity contribution in [1.29, 1.82) is 0 Å². The Balaban J connectivity index is 0.000000368. The van der Waals surface area contributed by atoms with Crippen LogP contribution >= 0.6 is 0 Å². The number of hydrogen-bond acceptors (Lipinski definition) is 2. The third-order valence-electron chi connectivity index (χ3n) is 3.60. The Hall–Kier alpha value is -2.08. The van der Waals surface area contributed by atoms with Gasteiger partial charge in [-0.2, -0.15) is 13.2 Å². The zero-order chi connectivity index (χ0) is 17.7. The number of carbonyl (C=O) groups excluding carboxylic acids is 1. The fourth-order valence-corrected chi connectivity index (χ4v) is 2.48. The van der Waals surface area contributed by atoms with Crippen LogP contribution < -0.4 is 5.46 Å². The second-order valence-corrected chi connectivity index (χ2v) is 5.73. The highest BCUT2D eigenvalue weighted by molar-refractivity contribution is 6.67. The summed E-state index contributed by atoms with van der Waals surface area (Å²) < 4.78 is 36.6. The molecule has 3 rings (SSSR count). The van der Waals surface area contributed by atoms with Crippen LogP contribution in [0.3, 0.4) is 0 Å². The predicted octanol–water partition coefficient (Wildman–Crippen LogP) is 4.04. The number of rotatable bonds is 3. The van der Waals surface area contributed by atoms with Crippen LogP contribution in [0.15, 0.2) is 48.5 Å². The van der Waals surface area contributed by atoms with Gasteiger partial charge in [-0.3, -0.25) is 4.79 Å². The predicted molar refractivity (Wildman–Crippen MR) is 88.7 cm³/mol. The van der Waals surface area contributed by atoms with E-state index in [9.17, 15) is 18.0 Å². The summed E-state index contributed by atoms with van der Waals surface area (Å²) in [7, 11) is 0. The van der Waals surface area contributed by atoms with Gasteiger partial charge in [0.2, 0.25) is 0 Å². The van der Waals surface area contributed by atoms with Gasteiger partial charge in [0.15, 0.2) is 5.78 Å². The lowest BCUT2D eigenvalue weighted by Gasteiger charge is -2.05. The third-order valence-corrected chi connectivity index (χ3v) is 3.60. The summed E-state index contributed by atoms with van der Waals surface area (Å²) in [6, 6.07) is 15.6. The first-order valence-corrected chi connectivity index (χ1v) is 7.62. The fourth-order valence-electron chi connectivity index (χ4n) is 2.48. The van der Waals surface area contributed by atoms with Crippen LogP contribution in [0.5, 0.6) is 0 Å². The second kappa shape index (κ2) is 7.66. The van der Waals surface area contributed by atoms with E-state index >= 15 is 0 Å². The van der Waals surface area contributed by atoms with Gasteiger partial charge in [-0.25, -0.2) is 0 Å². The van der Waals surface area contributed by atoms with Gasteiger partial charge in [0, 0.05) is 18.9 Å². The molecule has 126 valence electrons. The summed E-state index contributed by atoms with van der Waals surface area (Å²) in [6.45, 7) is 3.06. The number of hydrogen-bond donors (Lipinski definition) is 0. The third kappa shape index (κ3) is 5.53. The average molecular weight is 334 g/mol. The van der Waals surface area contributed by atoms with E-state index in [1.54, 1.807) is 0 Å². The number of carbonyl (C=O) groups is 1. The average Bonchev–Trinajstić information content (AvgIpc) is 2.88. The molecule has 0 aliphatic carbocycles. The zero-order valence-electron chi connectivity index (χ0n) is 13.6. The minimum Gasteiger partial charge on any atom is -0.427 e. The van der Waals surface area contributed by atoms with Crippen LogP contribution in [0.2, 0.25) is 6.82 Å². The van der Waals surface area contributed by atoms with E-state index in [4.69, 9.17) is 4.65 Å². The number of halogens is 3. The molecule has 0 saturated heterocycles. The molecule has 0 bridgehead atoms. The van der Waals surface area contributed by atoms with Crippen molar-refractivity contribution in [1.82, 2.24) is 0 Å². The van der Waals surface area contributed by atoms with Crippen molar-refractivity contribution < 1.29 is 22.6 Å². The molecule has 0 N–H and O–H groups in total. The molecule has 0 aromatic heterocycles. The van der Waals surface area contributed by atoms with Crippen LogP contribution in [0, 0.1) is 0 Å². The molecule has 24 heavy (non-hydrogen) atoms. The minimum atomic E-state index is -4.00. The Morgan fingerprint density at radius 2 is 1.79 bits per heavy atom. The Morgan fingerprint density at radius 3 is 2.42 bits per heavy atom. The Labute approximate surface area is 139 Å². The summed E-state index contributed by atoms with van der Waals surface area (Å²) in [5.74, 6) is 0.159. The molecule has 0 atom stereocenters. The molecule has 1 aliphatic rings. The van der Waals surface area contributed by atoms with Gasteiger partial charge >= 0.3 is 13.1 Å². The molecule has 0 amide bonds. The van der Waals surface area contributed by atoms with Crippen LogP contribution in [0.1, 0.15) is 28.4 Å². The van der Waals surface area contributed by atoms with Crippen molar-refractivity contribution in [3.05, 3.63) is 65.2 Å². The molecule has 0 saturated carbocycles. The van der Waals surface area contributed by atoms with Crippen molar-refractivity contribution in [2.24, 2.45) is 0 Å². The second-order valence-electron chi connectivity index (χ2n) is 5.73. The Morgan fingerprint density at radius 1 is 1.17 bits per heavy atom. The van der Waals surface area contributed by atoms with Crippen molar-refractivity contribution >= 4 is 18.2 Å². The number of ketones is 1. The van der Waals surface area contributed by atoms with E-state index in [1.165, 1.54) is 11.0 Å². The highest BCUT2D eigenvalue weighted by Crippen LogP contribution is 2.14. The summed E-state index contributed by atoms with van der Waals surface area (Å²) in [6.07, 6.45) is -3.55. The maximum atomic E-state index is 12.2. The van der Waals surface area contributed by atoms with Gasteiger partial charge < -0.3 is 4.65 Å². The molecule has 0 fully saturated rings. The summed E-state index contributed by atoms with van der Waals surface area (Å²) in [5, 5.41) is 0. The Kier molecular flexibility index (Phi) is 5.83. The summed E-state index contributed by atoms with van der Waals surface area (Å²) >= 11 is 0. The lowest BCUT2D eigenvalue weighted by molar-refractivity contribution is -0.110. The molecule has 6 heteroatoms. The first kappa shape index (κ1) is 18.3. The first-order chi connectivity index (χ1) is 11.2. The van der Waals surface area contributed by atoms with E-state index in [0.717, 1.165) is 11.1 Å². The highest BCUT2D eigenvalue weighted by Gasteiger charge is 2.23. The fraction of sp³-hybridized carbons (Fsp3) is 0.278. The highest BCUT2D eigenvalue weighted by atomic mass is 19.4. The number of Topliss-reactive ketones (excluding diaryl/α,β-unsaturated/α-hetero) is 1. The van der Waals surface area contributed by atoms with Crippen molar-refractivity contribution in [3.63, 3.8) is 0 Å². The number of alkyl halides is 3. The lowest BCUT2D eigenvalue weighted by atomic mass is 9.64. The maximum Gasteiger partial charge on any atom is 0.386 e. The minimum absolute atomic E-state index is 0.141. The summed E-state index contributed by atoms with van der Waals surface area (Å²) in [5.41, 5.74) is 4.29. The molecular weight excluding hydrogens is 316 g/mol. The number of fused-ring (bicyclic) bond motifs is 1. The van der Waals surface area contributed by atoms with Crippen molar-refractivity contribution in [2.75, 3.05) is 0 Å². The van der Waals surface area contributed by atoms with Crippen LogP contribution in [0.25, 0.3) is 0 Å². The molecule has 2 nitrogen and oxygen atoms in total. The van der Waals surface area contributed by atoms with Gasteiger partial charge in [-0.15, -0.1) is 0 Å². The van der Waals surface area contributed by atoms with Gasteiger partial charge in [-0.05, 0) is 16.6 Å². The SMILES string of the molecule is CB1OCc2ccc(CC(=O)c3ccccc3)cc21.CC(F)(F)F. The normalized spacial score (nSPS) is 13.1. The largest absolute Gasteiger partial charge is 0.427 e. The molecule has 1 aliphatic heterocycles. The van der Waals surface area contributed by atoms with Crippen LogP contribution in [0.4, 0.5) is 13.2 Å². The molecule has 0 spiro atoms. The van der Waals surface area contributed by atoms with E-state index < -0.39 is 6.18 Å². The van der Waals surface area contributed by atoms with E-state index in [-0.39, 0.29) is 19.6 Å². The lowest BCUT2D eigenvalue weighted by Crippen LogP contribution is -2.24. The molecular formula is C18H18BF3O2. The maximum absolute atomic E-state index is 12.2.